The van der Waals surface area contributed by atoms with Crippen LogP contribution in [0.1, 0.15) is 0 Å². The summed E-state index contributed by atoms with van der Waals surface area (Å²) in [5, 5.41) is 14.0. The van der Waals surface area contributed by atoms with Crippen LogP contribution >= 0.6 is 11.6 Å². The number of benzene rings is 1. The van der Waals surface area contributed by atoms with Gasteiger partial charge in [-0.2, -0.15) is 0 Å². The number of nitro benzene ring substituents is 1. The van der Waals surface area contributed by atoms with E-state index in [0.717, 1.165) is 0 Å². The van der Waals surface area contributed by atoms with Crippen LogP contribution in [0.3, 0.4) is 0 Å². The van der Waals surface area contributed by atoms with Crippen molar-refractivity contribution in [3.8, 4) is 5.75 Å². The summed E-state index contributed by atoms with van der Waals surface area (Å²) in [7, 11) is 1.38. The van der Waals surface area contributed by atoms with Crippen LogP contribution in [0.5, 0.6) is 5.75 Å². The summed E-state index contributed by atoms with van der Waals surface area (Å²) in [5.41, 5.74) is 0.613. The lowest BCUT2D eigenvalue weighted by Crippen LogP contribution is -2.01. The second-order valence-electron chi connectivity index (χ2n) is 3.01. The zero-order chi connectivity index (χ0) is 12.1. The first kappa shape index (κ1) is 12.3. The van der Waals surface area contributed by atoms with Crippen LogP contribution in [0.2, 0.25) is 0 Å². The van der Waals surface area contributed by atoms with E-state index in [2.05, 4.69) is 11.9 Å². The van der Waals surface area contributed by atoms with E-state index in [0.29, 0.717) is 17.3 Å². The van der Waals surface area contributed by atoms with Crippen LogP contribution in [0.4, 0.5) is 11.4 Å². The van der Waals surface area contributed by atoms with E-state index in [9.17, 15) is 10.1 Å². The highest BCUT2D eigenvalue weighted by atomic mass is 35.5. The van der Waals surface area contributed by atoms with E-state index in [-0.39, 0.29) is 11.4 Å². The molecule has 0 amide bonds. The van der Waals surface area contributed by atoms with Crippen molar-refractivity contribution in [3.63, 3.8) is 0 Å². The van der Waals surface area contributed by atoms with Gasteiger partial charge < -0.3 is 10.1 Å². The Hall–Kier alpha value is -1.75. The Balaban J connectivity index is 2.90. The zero-order valence-electron chi connectivity index (χ0n) is 8.70. The number of methoxy groups -OCH3 is 1. The summed E-state index contributed by atoms with van der Waals surface area (Å²) >= 11 is 5.59. The molecule has 0 saturated heterocycles. The molecule has 0 aliphatic carbocycles. The summed E-state index contributed by atoms with van der Waals surface area (Å²) in [4.78, 5) is 10.1. The van der Waals surface area contributed by atoms with Crippen molar-refractivity contribution in [3.05, 3.63) is 39.9 Å². The summed E-state index contributed by atoms with van der Waals surface area (Å²) in [6, 6.07) is 4.50. The molecule has 16 heavy (non-hydrogen) atoms. The molecule has 0 aliphatic heterocycles. The average Bonchev–Trinajstić information content (AvgIpc) is 2.25. The molecular weight excluding hydrogens is 232 g/mol. The molecule has 0 radical (unpaired) electrons. The number of nitrogens with one attached hydrogen (secondary N) is 1. The van der Waals surface area contributed by atoms with E-state index in [1.165, 1.54) is 19.2 Å². The molecule has 86 valence electrons. The maximum absolute atomic E-state index is 10.6. The van der Waals surface area contributed by atoms with Gasteiger partial charge in [-0.1, -0.05) is 18.2 Å². The minimum absolute atomic E-state index is 0.0715. The topological polar surface area (TPSA) is 64.4 Å². The predicted octanol–water partition coefficient (Wildman–Crippen LogP) is 2.77. The largest absolute Gasteiger partial charge is 0.490 e. The van der Waals surface area contributed by atoms with Crippen molar-refractivity contribution in [2.24, 2.45) is 0 Å². The smallest absolute Gasteiger partial charge is 0.311 e. The summed E-state index contributed by atoms with van der Waals surface area (Å²) in [5.74, 6) is 0.204. The molecule has 0 spiro atoms. The Kier molecular flexibility index (Phi) is 4.13. The lowest BCUT2D eigenvalue weighted by Gasteiger charge is -2.07. The number of rotatable bonds is 5. The molecule has 5 nitrogen and oxygen atoms in total. The number of nitro groups is 1. The highest BCUT2D eigenvalue weighted by molar-refractivity contribution is 6.29. The molecule has 0 heterocycles. The number of anilines is 1. The van der Waals surface area contributed by atoms with Crippen LogP contribution in [0.15, 0.2) is 29.8 Å². The van der Waals surface area contributed by atoms with Gasteiger partial charge in [0, 0.05) is 22.9 Å². The summed E-state index contributed by atoms with van der Waals surface area (Å²) < 4.78 is 4.92. The first-order chi connectivity index (χ1) is 7.54. The molecule has 0 aromatic heterocycles. The Morgan fingerprint density at radius 1 is 1.69 bits per heavy atom. The van der Waals surface area contributed by atoms with Crippen molar-refractivity contribution in [2.75, 3.05) is 19.0 Å². The van der Waals surface area contributed by atoms with Crippen molar-refractivity contribution < 1.29 is 9.66 Å². The average molecular weight is 243 g/mol. The molecule has 0 atom stereocenters. The second kappa shape index (κ2) is 5.37. The van der Waals surface area contributed by atoms with Gasteiger partial charge in [-0.3, -0.25) is 10.1 Å². The molecule has 0 fully saturated rings. The van der Waals surface area contributed by atoms with Crippen molar-refractivity contribution in [1.29, 1.82) is 0 Å². The molecule has 0 saturated carbocycles. The Morgan fingerprint density at radius 3 is 2.88 bits per heavy atom. The fourth-order valence-electron chi connectivity index (χ4n) is 1.14. The van der Waals surface area contributed by atoms with Crippen LogP contribution in [-0.2, 0) is 0 Å². The summed E-state index contributed by atoms with van der Waals surface area (Å²) in [6.07, 6.45) is 0. The zero-order valence-corrected chi connectivity index (χ0v) is 9.45. The molecule has 0 aliphatic rings. The van der Waals surface area contributed by atoms with Gasteiger partial charge in [0.2, 0.25) is 0 Å². The van der Waals surface area contributed by atoms with Gasteiger partial charge in [0.25, 0.3) is 0 Å². The maximum Gasteiger partial charge on any atom is 0.311 e. The fraction of sp³-hybridized carbons (Fsp3) is 0.200. The summed E-state index contributed by atoms with van der Waals surface area (Å²) in [6.45, 7) is 3.91. The number of hydrogen-bond donors (Lipinski definition) is 1. The van der Waals surface area contributed by atoms with Gasteiger partial charge >= 0.3 is 5.69 Å². The first-order valence-corrected chi connectivity index (χ1v) is 4.82. The number of halogens is 1. The van der Waals surface area contributed by atoms with E-state index >= 15 is 0 Å². The highest BCUT2D eigenvalue weighted by Crippen LogP contribution is 2.29. The molecular formula is C10H11ClN2O3. The Morgan fingerprint density at radius 2 is 2.38 bits per heavy atom. The van der Waals surface area contributed by atoms with Crippen molar-refractivity contribution >= 4 is 23.0 Å². The maximum atomic E-state index is 10.6. The molecule has 1 N–H and O–H groups in total. The molecule has 1 rings (SSSR count). The molecule has 1 aromatic carbocycles. The van der Waals surface area contributed by atoms with E-state index < -0.39 is 4.92 Å². The third kappa shape index (κ3) is 3.13. The van der Waals surface area contributed by atoms with Crippen molar-refractivity contribution in [1.82, 2.24) is 0 Å². The third-order valence-electron chi connectivity index (χ3n) is 1.86. The van der Waals surface area contributed by atoms with E-state index in [4.69, 9.17) is 16.3 Å². The van der Waals surface area contributed by atoms with Gasteiger partial charge in [0.05, 0.1) is 18.6 Å². The van der Waals surface area contributed by atoms with E-state index in [1.807, 2.05) is 0 Å². The standard InChI is InChI=1S/C10H11ClN2O3/c1-7(11)6-12-8-3-4-9(13(14)15)10(5-8)16-2/h3-5,12H,1,6H2,2H3. The van der Waals surface area contributed by atoms with Gasteiger partial charge in [-0.05, 0) is 6.07 Å². The Labute approximate surface area is 97.8 Å². The lowest BCUT2D eigenvalue weighted by atomic mass is 10.2. The highest BCUT2D eigenvalue weighted by Gasteiger charge is 2.14. The Bertz CT molecular complexity index is 421. The van der Waals surface area contributed by atoms with Gasteiger partial charge in [0.15, 0.2) is 5.75 Å². The first-order valence-electron chi connectivity index (χ1n) is 4.44. The lowest BCUT2D eigenvalue weighted by molar-refractivity contribution is -0.385. The van der Waals surface area contributed by atoms with Gasteiger partial charge in [-0.15, -0.1) is 0 Å². The quantitative estimate of drug-likeness (QED) is 0.637. The van der Waals surface area contributed by atoms with Crippen LogP contribution in [0.25, 0.3) is 0 Å². The minimum atomic E-state index is -0.497. The monoisotopic (exact) mass is 242 g/mol. The molecule has 0 unspecified atom stereocenters. The molecule has 6 heteroatoms. The van der Waals surface area contributed by atoms with Gasteiger partial charge in [-0.25, -0.2) is 0 Å². The number of hydrogen-bond acceptors (Lipinski definition) is 4. The van der Waals surface area contributed by atoms with E-state index in [1.54, 1.807) is 6.07 Å². The van der Waals surface area contributed by atoms with Crippen molar-refractivity contribution in [2.45, 2.75) is 0 Å². The number of nitrogens with zero attached hydrogens (tertiary/aromatic N) is 1. The minimum Gasteiger partial charge on any atom is -0.490 e. The number of ether oxygens (including phenoxy) is 1. The molecule has 1 aromatic rings. The predicted molar refractivity (Wildman–Crippen MR) is 63.1 cm³/mol. The normalized spacial score (nSPS) is 9.62. The van der Waals surface area contributed by atoms with Crippen LogP contribution in [0, 0.1) is 10.1 Å². The van der Waals surface area contributed by atoms with Crippen LogP contribution < -0.4 is 10.1 Å². The third-order valence-corrected chi connectivity index (χ3v) is 1.99. The SMILES string of the molecule is C=C(Cl)CNc1ccc([N+](=O)[O-])c(OC)c1. The second-order valence-corrected chi connectivity index (χ2v) is 3.55. The van der Waals surface area contributed by atoms with Crippen LogP contribution in [-0.4, -0.2) is 18.6 Å². The fourth-order valence-corrected chi connectivity index (χ4v) is 1.20. The molecule has 0 bridgehead atoms. The van der Waals surface area contributed by atoms with Gasteiger partial charge in [0.1, 0.15) is 0 Å².